The van der Waals surface area contributed by atoms with Crippen molar-refractivity contribution in [1.29, 1.82) is 0 Å². The molecule has 0 aliphatic rings. The van der Waals surface area contributed by atoms with E-state index in [1.807, 2.05) is 27.7 Å². The van der Waals surface area contributed by atoms with Crippen LogP contribution in [0.1, 0.15) is 53.4 Å². The number of carbonyl (C=O) groups excluding carboxylic acids is 1. The molecule has 0 spiro atoms. The standard InChI is InChI=1S/C14H28O4/c1-12(2)16-9-7-5-6-8-14(15)18-11-10-17-13(3)4/h12-13H,5-11H2,1-4H3. The Bertz CT molecular complexity index is 202. The first-order valence-electron chi connectivity index (χ1n) is 6.91. The van der Waals surface area contributed by atoms with E-state index in [2.05, 4.69) is 0 Å². The van der Waals surface area contributed by atoms with E-state index in [0.29, 0.717) is 19.6 Å². The molecule has 0 aromatic heterocycles. The summed E-state index contributed by atoms with van der Waals surface area (Å²) in [6.45, 7) is 9.57. The fourth-order valence-electron chi connectivity index (χ4n) is 1.38. The summed E-state index contributed by atoms with van der Waals surface area (Å²) in [6, 6.07) is 0. The normalized spacial score (nSPS) is 11.2. The molecular formula is C14H28O4. The molecule has 108 valence electrons. The minimum atomic E-state index is -0.132. The first-order chi connectivity index (χ1) is 8.52. The Morgan fingerprint density at radius 2 is 1.44 bits per heavy atom. The van der Waals surface area contributed by atoms with E-state index >= 15 is 0 Å². The largest absolute Gasteiger partial charge is 0.463 e. The molecule has 0 N–H and O–H groups in total. The van der Waals surface area contributed by atoms with Crippen molar-refractivity contribution in [2.24, 2.45) is 0 Å². The molecule has 0 amide bonds. The maximum absolute atomic E-state index is 11.3. The van der Waals surface area contributed by atoms with Crippen LogP contribution in [0.25, 0.3) is 0 Å². The van der Waals surface area contributed by atoms with Crippen molar-refractivity contribution in [1.82, 2.24) is 0 Å². The van der Waals surface area contributed by atoms with Crippen LogP contribution in [-0.2, 0) is 19.0 Å². The first-order valence-corrected chi connectivity index (χ1v) is 6.91. The van der Waals surface area contributed by atoms with Gasteiger partial charge in [-0.25, -0.2) is 0 Å². The van der Waals surface area contributed by atoms with Crippen molar-refractivity contribution in [2.75, 3.05) is 19.8 Å². The number of esters is 1. The Kier molecular flexibility index (Phi) is 11.1. The van der Waals surface area contributed by atoms with Gasteiger partial charge in [-0.2, -0.15) is 0 Å². The van der Waals surface area contributed by atoms with Crippen LogP contribution in [-0.4, -0.2) is 38.0 Å². The third-order valence-electron chi connectivity index (χ3n) is 2.27. The molecule has 0 atom stereocenters. The highest BCUT2D eigenvalue weighted by Gasteiger charge is 2.03. The second kappa shape index (κ2) is 11.5. The lowest BCUT2D eigenvalue weighted by Crippen LogP contribution is -2.13. The molecular weight excluding hydrogens is 232 g/mol. The Morgan fingerprint density at radius 1 is 0.833 bits per heavy atom. The van der Waals surface area contributed by atoms with Gasteiger partial charge in [0.2, 0.25) is 0 Å². The molecule has 0 radical (unpaired) electrons. The molecule has 0 fully saturated rings. The van der Waals surface area contributed by atoms with E-state index in [4.69, 9.17) is 14.2 Å². The maximum Gasteiger partial charge on any atom is 0.305 e. The van der Waals surface area contributed by atoms with Crippen LogP contribution in [0.2, 0.25) is 0 Å². The smallest absolute Gasteiger partial charge is 0.305 e. The minimum absolute atomic E-state index is 0.132. The van der Waals surface area contributed by atoms with Gasteiger partial charge in [-0.15, -0.1) is 0 Å². The van der Waals surface area contributed by atoms with Gasteiger partial charge in [0.05, 0.1) is 18.8 Å². The quantitative estimate of drug-likeness (QED) is 0.423. The summed E-state index contributed by atoms with van der Waals surface area (Å²) < 4.78 is 15.7. The summed E-state index contributed by atoms with van der Waals surface area (Å²) in [7, 11) is 0. The predicted molar refractivity (Wildman–Crippen MR) is 71.6 cm³/mol. The fourth-order valence-corrected chi connectivity index (χ4v) is 1.38. The van der Waals surface area contributed by atoms with Gasteiger partial charge in [0.15, 0.2) is 0 Å². The van der Waals surface area contributed by atoms with E-state index in [9.17, 15) is 4.79 Å². The van der Waals surface area contributed by atoms with Gasteiger partial charge >= 0.3 is 5.97 Å². The number of ether oxygens (including phenoxy) is 3. The molecule has 0 aromatic rings. The first kappa shape index (κ1) is 17.4. The van der Waals surface area contributed by atoms with Crippen molar-refractivity contribution in [2.45, 2.75) is 65.6 Å². The zero-order chi connectivity index (χ0) is 13.8. The molecule has 0 saturated heterocycles. The Hall–Kier alpha value is -0.610. The van der Waals surface area contributed by atoms with Gasteiger partial charge in [-0.3, -0.25) is 4.79 Å². The molecule has 0 saturated carbocycles. The molecule has 0 aliphatic heterocycles. The van der Waals surface area contributed by atoms with Gasteiger partial charge in [0.25, 0.3) is 0 Å². The zero-order valence-electron chi connectivity index (χ0n) is 12.2. The maximum atomic E-state index is 11.3. The highest BCUT2D eigenvalue weighted by Crippen LogP contribution is 2.03. The molecule has 0 bridgehead atoms. The van der Waals surface area contributed by atoms with Crippen LogP contribution in [0.4, 0.5) is 0 Å². The monoisotopic (exact) mass is 260 g/mol. The second-order valence-electron chi connectivity index (χ2n) is 4.87. The van der Waals surface area contributed by atoms with Gasteiger partial charge in [-0.05, 0) is 40.5 Å². The summed E-state index contributed by atoms with van der Waals surface area (Å²) in [4.78, 5) is 11.3. The van der Waals surface area contributed by atoms with Crippen molar-refractivity contribution >= 4 is 5.97 Å². The topological polar surface area (TPSA) is 44.8 Å². The summed E-state index contributed by atoms with van der Waals surface area (Å²) >= 11 is 0. The van der Waals surface area contributed by atoms with E-state index < -0.39 is 0 Å². The van der Waals surface area contributed by atoms with E-state index in [1.165, 1.54) is 0 Å². The van der Waals surface area contributed by atoms with Crippen molar-refractivity contribution in [3.05, 3.63) is 0 Å². The third kappa shape index (κ3) is 13.5. The van der Waals surface area contributed by atoms with Crippen molar-refractivity contribution in [3.63, 3.8) is 0 Å². The van der Waals surface area contributed by atoms with E-state index in [-0.39, 0.29) is 18.2 Å². The molecule has 4 heteroatoms. The van der Waals surface area contributed by atoms with Gasteiger partial charge in [0, 0.05) is 13.0 Å². The molecule has 0 unspecified atom stereocenters. The van der Waals surface area contributed by atoms with Crippen LogP contribution in [0, 0.1) is 0 Å². The van der Waals surface area contributed by atoms with E-state index in [0.717, 1.165) is 25.9 Å². The Labute approximate surface area is 111 Å². The van der Waals surface area contributed by atoms with Crippen molar-refractivity contribution in [3.8, 4) is 0 Å². The Morgan fingerprint density at radius 3 is 2.06 bits per heavy atom. The number of carbonyl (C=O) groups is 1. The van der Waals surface area contributed by atoms with Crippen LogP contribution >= 0.6 is 0 Å². The highest BCUT2D eigenvalue weighted by molar-refractivity contribution is 5.69. The average Bonchev–Trinajstić information content (AvgIpc) is 2.28. The molecule has 0 heterocycles. The lowest BCUT2D eigenvalue weighted by molar-refractivity contribution is -0.145. The lowest BCUT2D eigenvalue weighted by Gasteiger charge is -2.08. The van der Waals surface area contributed by atoms with Gasteiger partial charge in [0.1, 0.15) is 6.61 Å². The molecule has 0 aliphatic carbocycles. The molecule has 0 rings (SSSR count). The summed E-state index contributed by atoms with van der Waals surface area (Å²) in [5.41, 5.74) is 0. The number of hydrogen-bond acceptors (Lipinski definition) is 4. The number of unbranched alkanes of at least 4 members (excludes halogenated alkanes) is 2. The molecule has 4 nitrogen and oxygen atoms in total. The van der Waals surface area contributed by atoms with Crippen LogP contribution < -0.4 is 0 Å². The minimum Gasteiger partial charge on any atom is -0.463 e. The highest BCUT2D eigenvalue weighted by atomic mass is 16.6. The van der Waals surface area contributed by atoms with Crippen LogP contribution in [0.5, 0.6) is 0 Å². The molecule has 0 aromatic carbocycles. The second-order valence-corrected chi connectivity index (χ2v) is 4.87. The Balaban J connectivity index is 3.22. The van der Waals surface area contributed by atoms with E-state index in [1.54, 1.807) is 0 Å². The van der Waals surface area contributed by atoms with Crippen LogP contribution in [0.3, 0.4) is 0 Å². The SMILES string of the molecule is CC(C)OCCCCCC(=O)OCCOC(C)C. The average molecular weight is 260 g/mol. The number of rotatable bonds is 11. The van der Waals surface area contributed by atoms with Gasteiger partial charge in [-0.1, -0.05) is 6.42 Å². The lowest BCUT2D eigenvalue weighted by atomic mass is 10.2. The zero-order valence-corrected chi connectivity index (χ0v) is 12.2. The summed E-state index contributed by atoms with van der Waals surface area (Å²) in [5, 5.41) is 0. The summed E-state index contributed by atoms with van der Waals surface area (Å²) in [6.07, 6.45) is 3.83. The van der Waals surface area contributed by atoms with Crippen LogP contribution in [0.15, 0.2) is 0 Å². The molecule has 18 heavy (non-hydrogen) atoms. The fraction of sp³-hybridized carbons (Fsp3) is 0.929. The number of hydrogen-bond donors (Lipinski definition) is 0. The predicted octanol–water partition coefficient (Wildman–Crippen LogP) is 2.94. The summed E-state index contributed by atoms with van der Waals surface area (Å²) in [5.74, 6) is -0.132. The van der Waals surface area contributed by atoms with Crippen molar-refractivity contribution < 1.29 is 19.0 Å². The third-order valence-corrected chi connectivity index (χ3v) is 2.27. The van der Waals surface area contributed by atoms with Gasteiger partial charge < -0.3 is 14.2 Å².